The van der Waals surface area contributed by atoms with Gasteiger partial charge < -0.3 is 5.32 Å². The van der Waals surface area contributed by atoms with E-state index in [2.05, 4.69) is 5.32 Å². The van der Waals surface area contributed by atoms with E-state index in [9.17, 15) is 9.59 Å². The second-order valence-electron chi connectivity index (χ2n) is 4.33. The molecule has 0 spiro atoms. The molecule has 0 aliphatic carbocycles. The van der Waals surface area contributed by atoms with E-state index < -0.39 is 0 Å². The zero-order valence-corrected chi connectivity index (χ0v) is 12.3. The molecule has 106 valence electrons. The van der Waals surface area contributed by atoms with Crippen LogP contribution in [0.2, 0.25) is 0 Å². The monoisotopic (exact) mass is 298 g/mol. The van der Waals surface area contributed by atoms with Crippen molar-refractivity contribution in [3.63, 3.8) is 0 Å². The van der Waals surface area contributed by atoms with Crippen LogP contribution in [-0.2, 0) is 4.79 Å². The largest absolute Gasteiger partial charge is 0.303 e. The van der Waals surface area contributed by atoms with E-state index in [0.717, 1.165) is 0 Å². The van der Waals surface area contributed by atoms with Gasteiger partial charge in [-0.2, -0.15) is 0 Å². The van der Waals surface area contributed by atoms with Crippen LogP contribution in [0.3, 0.4) is 0 Å². The van der Waals surface area contributed by atoms with Gasteiger partial charge in [0.15, 0.2) is 5.11 Å². The number of thiocarbonyl (C=S) groups is 1. The van der Waals surface area contributed by atoms with E-state index in [1.165, 1.54) is 11.8 Å². The standard InChI is InChI=1S/C16H14N2O2S/c1-12(19)17-16(21)18(14-10-6-3-7-11-14)15(20)13-8-4-2-5-9-13/h2-11H,1H3,(H,17,19,21). The van der Waals surface area contributed by atoms with Gasteiger partial charge in [-0.3, -0.25) is 14.5 Å². The highest BCUT2D eigenvalue weighted by Gasteiger charge is 2.22. The third-order valence-electron chi connectivity index (χ3n) is 2.72. The molecule has 0 aromatic heterocycles. The minimum Gasteiger partial charge on any atom is -0.303 e. The Kier molecular flexibility index (Phi) is 4.79. The summed E-state index contributed by atoms with van der Waals surface area (Å²) >= 11 is 5.18. The number of nitrogens with one attached hydrogen (secondary N) is 1. The van der Waals surface area contributed by atoms with Crippen LogP contribution in [0.1, 0.15) is 17.3 Å². The minimum atomic E-state index is -0.318. The van der Waals surface area contributed by atoms with Crippen LogP contribution in [0, 0.1) is 0 Å². The average Bonchev–Trinajstić information content (AvgIpc) is 2.48. The molecule has 1 N–H and O–H groups in total. The Morgan fingerprint density at radius 2 is 1.48 bits per heavy atom. The quantitative estimate of drug-likeness (QED) is 0.867. The molecule has 21 heavy (non-hydrogen) atoms. The summed E-state index contributed by atoms with van der Waals surface area (Å²) < 4.78 is 0. The Labute approximate surface area is 128 Å². The molecular formula is C16H14N2O2S. The lowest BCUT2D eigenvalue weighted by Gasteiger charge is -2.23. The highest BCUT2D eigenvalue weighted by molar-refractivity contribution is 7.80. The Morgan fingerprint density at radius 1 is 0.952 bits per heavy atom. The molecule has 0 atom stereocenters. The van der Waals surface area contributed by atoms with E-state index in [4.69, 9.17) is 12.2 Å². The molecule has 2 amide bonds. The van der Waals surface area contributed by atoms with E-state index in [0.29, 0.717) is 11.3 Å². The molecule has 0 radical (unpaired) electrons. The average molecular weight is 298 g/mol. The van der Waals surface area contributed by atoms with Crippen molar-refractivity contribution >= 4 is 34.8 Å². The first-order valence-corrected chi connectivity index (χ1v) is 6.76. The Morgan fingerprint density at radius 3 is 2.00 bits per heavy atom. The van der Waals surface area contributed by atoms with Crippen molar-refractivity contribution < 1.29 is 9.59 Å². The van der Waals surface area contributed by atoms with Gasteiger partial charge in [0.25, 0.3) is 5.91 Å². The maximum absolute atomic E-state index is 12.7. The number of benzene rings is 2. The van der Waals surface area contributed by atoms with Crippen molar-refractivity contribution in [2.75, 3.05) is 4.90 Å². The van der Waals surface area contributed by atoms with Crippen LogP contribution in [0.4, 0.5) is 5.69 Å². The second kappa shape index (κ2) is 6.76. The van der Waals surface area contributed by atoms with Crippen LogP contribution in [-0.4, -0.2) is 16.9 Å². The van der Waals surface area contributed by atoms with Gasteiger partial charge >= 0.3 is 0 Å². The molecule has 0 aliphatic rings. The van der Waals surface area contributed by atoms with Gasteiger partial charge in [0.05, 0.1) is 5.69 Å². The highest BCUT2D eigenvalue weighted by Crippen LogP contribution is 2.17. The topological polar surface area (TPSA) is 49.4 Å². The normalized spacial score (nSPS) is 9.76. The summed E-state index contributed by atoms with van der Waals surface area (Å²) in [5.74, 6) is -0.609. The third kappa shape index (κ3) is 3.73. The molecule has 0 saturated heterocycles. The number of anilines is 1. The maximum atomic E-state index is 12.7. The molecule has 0 bridgehead atoms. The Hall–Kier alpha value is -2.53. The Balaban J connectivity index is 2.39. The summed E-state index contributed by atoms with van der Waals surface area (Å²) in [6.45, 7) is 1.35. The summed E-state index contributed by atoms with van der Waals surface area (Å²) in [6, 6.07) is 17.8. The first-order chi connectivity index (χ1) is 10.1. The molecule has 4 nitrogen and oxygen atoms in total. The van der Waals surface area contributed by atoms with Gasteiger partial charge in [-0.05, 0) is 36.5 Å². The summed E-state index contributed by atoms with van der Waals surface area (Å²) in [5.41, 5.74) is 1.10. The lowest BCUT2D eigenvalue weighted by Crippen LogP contribution is -2.45. The molecule has 0 saturated carbocycles. The fourth-order valence-corrected chi connectivity index (χ4v) is 2.15. The number of nitrogens with zero attached hydrogens (tertiary/aromatic N) is 1. The lowest BCUT2D eigenvalue weighted by molar-refractivity contribution is -0.117. The summed E-state index contributed by atoms with van der Waals surface area (Å²) in [7, 11) is 0. The zero-order valence-electron chi connectivity index (χ0n) is 11.4. The fraction of sp³-hybridized carbons (Fsp3) is 0.0625. The number of amides is 2. The van der Waals surface area contributed by atoms with Gasteiger partial charge in [0, 0.05) is 12.5 Å². The highest BCUT2D eigenvalue weighted by atomic mass is 32.1. The van der Waals surface area contributed by atoms with Crippen LogP contribution in [0.15, 0.2) is 60.7 Å². The molecule has 2 aromatic rings. The van der Waals surface area contributed by atoms with Gasteiger partial charge in [0.1, 0.15) is 0 Å². The molecular weight excluding hydrogens is 284 g/mol. The smallest absolute Gasteiger partial charge is 0.264 e. The number of para-hydroxylation sites is 1. The van der Waals surface area contributed by atoms with E-state index >= 15 is 0 Å². The SMILES string of the molecule is CC(=O)NC(=S)N(C(=O)c1ccccc1)c1ccccc1. The van der Waals surface area contributed by atoms with Gasteiger partial charge in [-0.1, -0.05) is 36.4 Å². The third-order valence-corrected chi connectivity index (χ3v) is 3.01. The summed E-state index contributed by atoms with van der Waals surface area (Å²) in [4.78, 5) is 25.2. The van der Waals surface area contributed by atoms with Gasteiger partial charge in [-0.25, -0.2) is 0 Å². The number of carbonyl (C=O) groups excluding carboxylic acids is 2. The molecule has 2 aromatic carbocycles. The van der Waals surface area contributed by atoms with E-state index in [1.54, 1.807) is 48.5 Å². The van der Waals surface area contributed by atoms with Crippen LogP contribution in [0.25, 0.3) is 0 Å². The molecule has 0 aliphatic heterocycles. The van der Waals surface area contributed by atoms with Crippen molar-refractivity contribution in [2.24, 2.45) is 0 Å². The zero-order chi connectivity index (χ0) is 15.2. The second-order valence-corrected chi connectivity index (χ2v) is 4.72. The van der Waals surface area contributed by atoms with Crippen LogP contribution >= 0.6 is 12.2 Å². The van der Waals surface area contributed by atoms with Crippen LogP contribution in [0.5, 0.6) is 0 Å². The van der Waals surface area contributed by atoms with Gasteiger partial charge in [0.2, 0.25) is 5.91 Å². The maximum Gasteiger partial charge on any atom is 0.264 e. The molecule has 5 heteroatoms. The molecule has 0 heterocycles. The number of hydrogen-bond donors (Lipinski definition) is 1. The fourth-order valence-electron chi connectivity index (χ4n) is 1.82. The first kappa shape index (κ1) is 14.9. The predicted molar refractivity (Wildman–Crippen MR) is 86.1 cm³/mol. The first-order valence-electron chi connectivity index (χ1n) is 6.35. The van der Waals surface area contributed by atoms with Crippen molar-refractivity contribution in [1.82, 2.24) is 5.32 Å². The van der Waals surface area contributed by atoms with Crippen molar-refractivity contribution in [3.8, 4) is 0 Å². The number of carbonyl (C=O) groups is 2. The van der Waals surface area contributed by atoms with Crippen molar-refractivity contribution in [3.05, 3.63) is 66.2 Å². The minimum absolute atomic E-state index is 0.0579. The molecule has 2 rings (SSSR count). The summed E-state index contributed by atoms with van der Waals surface area (Å²) in [5, 5.41) is 2.55. The van der Waals surface area contributed by atoms with E-state index in [-0.39, 0.29) is 16.9 Å². The summed E-state index contributed by atoms with van der Waals surface area (Å²) in [6.07, 6.45) is 0. The number of rotatable bonds is 2. The van der Waals surface area contributed by atoms with Crippen LogP contribution < -0.4 is 10.2 Å². The Bertz CT molecular complexity index is 656. The van der Waals surface area contributed by atoms with Crippen molar-refractivity contribution in [1.29, 1.82) is 0 Å². The van der Waals surface area contributed by atoms with E-state index in [1.807, 2.05) is 12.1 Å². The number of hydrogen-bond acceptors (Lipinski definition) is 3. The molecule has 0 unspecified atom stereocenters. The predicted octanol–water partition coefficient (Wildman–Crippen LogP) is 2.75. The lowest BCUT2D eigenvalue weighted by atomic mass is 10.2. The van der Waals surface area contributed by atoms with Gasteiger partial charge in [-0.15, -0.1) is 0 Å². The molecule has 0 fully saturated rings. The van der Waals surface area contributed by atoms with Crippen molar-refractivity contribution in [2.45, 2.75) is 6.92 Å².